The Bertz CT molecular complexity index is 783. The van der Waals surface area contributed by atoms with Gasteiger partial charge in [0, 0.05) is 49.9 Å². The second-order valence-corrected chi connectivity index (χ2v) is 8.75. The van der Waals surface area contributed by atoms with Crippen molar-refractivity contribution in [2.45, 2.75) is 24.9 Å². The largest absolute Gasteiger partial charge is 0.492 e. The van der Waals surface area contributed by atoms with Crippen molar-refractivity contribution in [3.8, 4) is 5.75 Å². The van der Waals surface area contributed by atoms with Crippen LogP contribution >= 0.6 is 11.6 Å². The van der Waals surface area contributed by atoms with Gasteiger partial charge in [0.25, 0.3) is 0 Å². The molecule has 6 heteroatoms. The highest BCUT2D eigenvalue weighted by Gasteiger charge is 2.32. The van der Waals surface area contributed by atoms with Crippen molar-refractivity contribution in [2.24, 2.45) is 0 Å². The molecule has 0 unspecified atom stereocenters. The molecule has 2 heterocycles. The van der Waals surface area contributed by atoms with Crippen LogP contribution in [0.5, 0.6) is 5.75 Å². The zero-order chi connectivity index (χ0) is 20.8. The van der Waals surface area contributed by atoms with E-state index in [4.69, 9.17) is 21.1 Å². The van der Waals surface area contributed by atoms with Crippen LogP contribution in [-0.4, -0.2) is 68.2 Å². The molecule has 2 fully saturated rings. The van der Waals surface area contributed by atoms with Gasteiger partial charge < -0.3 is 19.5 Å². The number of piperidine rings is 1. The van der Waals surface area contributed by atoms with Crippen LogP contribution in [0.2, 0.25) is 5.02 Å². The molecule has 162 valence electrons. The van der Waals surface area contributed by atoms with E-state index >= 15 is 0 Å². The molecule has 2 aliphatic rings. The van der Waals surface area contributed by atoms with Crippen molar-refractivity contribution < 1.29 is 14.6 Å². The van der Waals surface area contributed by atoms with E-state index in [9.17, 15) is 5.11 Å². The molecule has 0 atom stereocenters. The lowest BCUT2D eigenvalue weighted by Crippen LogP contribution is -2.46. The highest BCUT2D eigenvalue weighted by atomic mass is 35.5. The molecule has 0 bridgehead atoms. The van der Waals surface area contributed by atoms with Crippen molar-refractivity contribution >= 4 is 17.3 Å². The quantitative estimate of drug-likeness (QED) is 0.726. The molecule has 0 aliphatic carbocycles. The standard InChI is InChI=1S/C24H31ClN2O3/c25-21-3-1-20(2-4-21)19-24(28)9-11-26(12-10-24)13-18-30-23-7-5-22(6-8-23)27-14-16-29-17-15-27/h1-8,28H,9-19H2. The molecule has 30 heavy (non-hydrogen) atoms. The normalized spacial score (nSPS) is 19.6. The summed E-state index contributed by atoms with van der Waals surface area (Å²) in [6, 6.07) is 16.1. The average molecular weight is 431 g/mol. The van der Waals surface area contributed by atoms with E-state index in [0.29, 0.717) is 13.0 Å². The van der Waals surface area contributed by atoms with Crippen molar-refractivity contribution in [3.63, 3.8) is 0 Å². The number of aliphatic hydroxyl groups is 1. The monoisotopic (exact) mass is 430 g/mol. The maximum Gasteiger partial charge on any atom is 0.119 e. The highest BCUT2D eigenvalue weighted by molar-refractivity contribution is 6.30. The van der Waals surface area contributed by atoms with Gasteiger partial charge in [0.05, 0.1) is 18.8 Å². The van der Waals surface area contributed by atoms with Crippen molar-refractivity contribution in [2.75, 3.05) is 57.4 Å². The van der Waals surface area contributed by atoms with Gasteiger partial charge >= 0.3 is 0 Å². The summed E-state index contributed by atoms with van der Waals surface area (Å²) in [4.78, 5) is 4.71. The van der Waals surface area contributed by atoms with Crippen LogP contribution in [0.25, 0.3) is 0 Å². The van der Waals surface area contributed by atoms with E-state index in [1.807, 2.05) is 36.4 Å². The molecule has 2 aromatic rings. The van der Waals surface area contributed by atoms with Gasteiger partial charge in [-0.25, -0.2) is 0 Å². The molecule has 2 aromatic carbocycles. The number of morpholine rings is 1. The van der Waals surface area contributed by atoms with Crippen LogP contribution < -0.4 is 9.64 Å². The van der Waals surface area contributed by atoms with Gasteiger partial charge in [0.1, 0.15) is 12.4 Å². The third-order valence-electron chi connectivity index (χ3n) is 6.12. The fourth-order valence-corrected chi connectivity index (χ4v) is 4.35. The van der Waals surface area contributed by atoms with E-state index in [0.717, 1.165) is 75.1 Å². The molecule has 0 aromatic heterocycles. The first-order valence-corrected chi connectivity index (χ1v) is 11.2. The lowest BCUT2D eigenvalue weighted by Gasteiger charge is -2.38. The Kier molecular flexibility index (Phi) is 7.16. The van der Waals surface area contributed by atoms with Crippen molar-refractivity contribution in [1.29, 1.82) is 0 Å². The molecule has 4 rings (SSSR count). The van der Waals surface area contributed by atoms with Gasteiger partial charge in [-0.05, 0) is 54.8 Å². The van der Waals surface area contributed by atoms with E-state index in [-0.39, 0.29) is 0 Å². The lowest BCUT2D eigenvalue weighted by atomic mass is 9.85. The third kappa shape index (κ3) is 5.88. The Labute approximate surface area is 184 Å². The van der Waals surface area contributed by atoms with Crippen LogP contribution in [-0.2, 0) is 11.2 Å². The summed E-state index contributed by atoms with van der Waals surface area (Å²) in [5, 5.41) is 11.7. The van der Waals surface area contributed by atoms with Gasteiger partial charge in [-0.2, -0.15) is 0 Å². The fourth-order valence-electron chi connectivity index (χ4n) is 4.22. The molecule has 2 aliphatic heterocycles. The molecular formula is C24H31ClN2O3. The zero-order valence-corrected chi connectivity index (χ0v) is 18.2. The van der Waals surface area contributed by atoms with Crippen LogP contribution in [0.3, 0.4) is 0 Å². The number of rotatable bonds is 7. The summed E-state index contributed by atoms with van der Waals surface area (Å²) >= 11 is 5.96. The maximum atomic E-state index is 10.9. The van der Waals surface area contributed by atoms with Gasteiger partial charge in [0.2, 0.25) is 0 Å². The van der Waals surface area contributed by atoms with Gasteiger partial charge in [-0.15, -0.1) is 0 Å². The maximum absolute atomic E-state index is 10.9. The van der Waals surface area contributed by atoms with Gasteiger partial charge in [0.15, 0.2) is 0 Å². The van der Waals surface area contributed by atoms with E-state index < -0.39 is 5.60 Å². The minimum Gasteiger partial charge on any atom is -0.492 e. The number of hydrogen-bond donors (Lipinski definition) is 1. The number of ether oxygens (including phenoxy) is 2. The number of hydrogen-bond acceptors (Lipinski definition) is 5. The van der Waals surface area contributed by atoms with E-state index in [2.05, 4.69) is 21.9 Å². The summed E-state index contributed by atoms with van der Waals surface area (Å²) in [5.41, 5.74) is 1.74. The highest BCUT2D eigenvalue weighted by Crippen LogP contribution is 2.27. The molecule has 0 amide bonds. The third-order valence-corrected chi connectivity index (χ3v) is 6.37. The number of benzene rings is 2. The summed E-state index contributed by atoms with van der Waals surface area (Å²) in [6.07, 6.45) is 2.25. The molecule has 5 nitrogen and oxygen atoms in total. The Morgan fingerprint density at radius 1 is 0.933 bits per heavy atom. The van der Waals surface area contributed by atoms with Gasteiger partial charge in [-0.1, -0.05) is 23.7 Å². The summed E-state index contributed by atoms with van der Waals surface area (Å²) in [5.74, 6) is 0.906. The van der Waals surface area contributed by atoms with Crippen LogP contribution in [0.15, 0.2) is 48.5 Å². The second-order valence-electron chi connectivity index (χ2n) is 8.31. The van der Waals surface area contributed by atoms with Gasteiger partial charge in [-0.3, -0.25) is 4.90 Å². The number of nitrogens with zero attached hydrogens (tertiary/aromatic N) is 2. The zero-order valence-electron chi connectivity index (χ0n) is 17.4. The summed E-state index contributed by atoms with van der Waals surface area (Å²) in [7, 11) is 0. The SMILES string of the molecule is OC1(Cc2ccc(Cl)cc2)CCN(CCOc2ccc(N3CCOCC3)cc2)CC1. The second kappa shape index (κ2) is 10.0. The van der Waals surface area contributed by atoms with Crippen LogP contribution in [0.4, 0.5) is 5.69 Å². The molecule has 0 spiro atoms. The Hall–Kier alpha value is -1.79. The predicted molar refractivity (Wildman–Crippen MR) is 121 cm³/mol. The molecule has 0 radical (unpaired) electrons. The summed E-state index contributed by atoms with van der Waals surface area (Å²) in [6.45, 7) is 6.80. The van der Waals surface area contributed by atoms with E-state index in [1.165, 1.54) is 5.69 Å². The topological polar surface area (TPSA) is 45.2 Å². The van der Waals surface area contributed by atoms with E-state index in [1.54, 1.807) is 0 Å². The number of anilines is 1. The molecule has 0 saturated carbocycles. The smallest absolute Gasteiger partial charge is 0.119 e. The Morgan fingerprint density at radius 2 is 1.60 bits per heavy atom. The minimum absolute atomic E-state index is 0.624. The Morgan fingerprint density at radius 3 is 2.27 bits per heavy atom. The first-order chi connectivity index (χ1) is 14.6. The van der Waals surface area contributed by atoms with Crippen molar-refractivity contribution in [1.82, 2.24) is 4.90 Å². The summed E-state index contributed by atoms with van der Waals surface area (Å²) < 4.78 is 11.4. The Balaban J connectivity index is 1.18. The minimum atomic E-state index is -0.624. The first-order valence-electron chi connectivity index (χ1n) is 10.8. The van der Waals surface area contributed by atoms with Crippen LogP contribution in [0.1, 0.15) is 18.4 Å². The first kappa shape index (κ1) is 21.4. The lowest BCUT2D eigenvalue weighted by molar-refractivity contribution is -0.0226. The van der Waals surface area contributed by atoms with Crippen molar-refractivity contribution in [3.05, 3.63) is 59.1 Å². The molecule has 2 saturated heterocycles. The molecule has 1 N–H and O–H groups in total. The number of halogens is 1. The predicted octanol–water partition coefficient (Wildman–Crippen LogP) is 3.63. The molecular weight excluding hydrogens is 400 g/mol. The number of likely N-dealkylation sites (tertiary alicyclic amines) is 1. The fraction of sp³-hybridized carbons (Fsp3) is 0.500. The average Bonchev–Trinajstić information content (AvgIpc) is 2.78. The van der Waals surface area contributed by atoms with Crippen LogP contribution in [0, 0.1) is 0 Å².